The van der Waals surface area contributed by atoms with Crippen LogP contribution in [0.15, 0.2) is 59.4 Å². The summed E-state index contributed by atoms with van der Waals surface area (Å²) < 4.78 is 7.29. The summed E-state index contributed by atoms with van der Waals surface area (Å²) in [5, 5.41) is 9.37. The Balaban J connectivity index is 1.45. The van der Waals surface area contributed by atoms with Gasteiger partial charge in [0.05, 0.1) is 11.0 Å². The van der Waals surface area contributed by atoms with E-state index in [1.165, 1.54) is 5.56 Å². The van der Waals surface area contributed by atoms with Crippen molar-refractivity contribution in [3.8, 4) is 5.69 Å². The number of carbonyl (C=O) groups is 1. The minimum absolute atomic E-state index is 0.171. The largest absolute Gasteiger partial charge is 0.359 e. The number of nitrogens with one attached hydrogen (secondary N) is 2. The van der Waals surface area contributed by atoms with E-state index in [9.17, 15) is 4.79 Å². The van der Waals surface area contributed by atoms with Crippen LogP contribution < -0.4 is 10.6 Å². The summed E-state index contributed by atoms with van der Waals surface area (Å²) in [6.07, 6.45) is 1.80. The van der Waals surface area contributed by atoms with Gasteiger partial charge in [0.1, 0.15) is 12.1 Å². The Bertz CT molecular complexity index is 1170. The van der Waals surface area contributed by atoms with Gasteiger partial charge in [0.25, 0.3) is 0 Å². The van der Waals surface area contributed by atoms with E-state index in [1.54, 1.807) is 12.4 Å². The van der Waals surface area contributed by atoms with Crippen LogP contribution in [-0.2, 0) is 5.41 Å². The highest BCUT2D eigenvalue weighted by molar-refractivity contribution is 5.99. The number of hydrogen-bond acceptors (Lipinski definition) is 4. The van der Waals surface area contributed by atoms with Crippen molar-refractivity contribution >= 4 is 28.6 Å². The minimum Gasteiger partial charge on any atom is -0.359 e. The number of imidazole rings is 1. The van der Waals surface area contributed by atoms with Crippen molar-refractivity contribution in [2.75, 3.05) is 10.6 Å². The maximum absolute atomic E-state index is 12.2. The van der Waals surface area contributed by atoms with Crippen molar-refractivity contribution in [3.05, 3.63) is 66.2 Å². The van der Waals surface area contributed by atoms with Gasteiger partial charge in [-0.3, -0.25) is 9.88 Å². The molecule has 7 heteroatoms. The van der Waals surface area contributed by atoms with E-state index < -0.39 is 0 Å². The molecule has 0 aliphatic carbocycles. The van der Waals surface area contributed by atoms with Crippen LogP contribution in [0, 0.1) is 6.92 Å². The average Bonchev–Trinajstić information content (AvgIpc) is 3.29. The Morgan fingerprint density at radius 3 is 2.48 bits per heavy atom. The van der Waals surface area contributed by atoms with Gasteiger partial charge in [-0.05, 0) is 48.9 Å². The Morgan fingerprint density at radius 1 is 1.03 bits per heavy atom. The van der Waals surface area contributed by atoms with Gasteiger partial charge in [0, 0.05) is 22.9 Å². The smallest absolute Gasteiger partial charge is 0.324 e. The van der Waals surface area contributed by atoms with Gasteiger partial charge in [-0.2, -0.15) is 0 Å². The summed E-state index contributed by atoms with van der Waals surface area (Å²) in [6.45, 7) is 8.10. The number of nitrogens with zero attached hydrogens (tertiary/aromatic N) is 3. The molecule has 2 aromatic heterocycles. The first kappa shape index (κ1) is 18.7. The van der Waals surface area contributed by atoms with E-state index in [0.29, 0.717) is 17.3 Å². The molecular formula is C22H23N5O2. The Kier molecular flexibility index (Phi) is 4.58. The van der Waals surface area contributed by atoms with Gasteiger partial charge in [0.2, 0.25) is 0 Å². The summed E-state index contributed by atoms with van der Waals surface area (Å²) in [5.74, 6) is 1.09. The molecule has 0 aliphatic rings. The topological polar surface area (TPSA) is 85.0 Å². The molecule has 0 atom stereocenters. The molecule has 7 nitrogen and oxygen atoms in total. The van der Waals surface area contributed by atoms with Crippen molar-refractivity contribution in [2.45, 2.75) is 33.1 Å². The van der Waals surface area contributed by atoms with Crippen molar-refractivity contribution in [1.82, 2.24) is 14.7 Å². The Hall–Kier alpha value is -3.61. The molecule has 4 rings (SSSR count). The second-order valence-corrected chi connectivity index (χ2v) is 8.06. The number of amides is 2. The molecule has 0 saturated heterocycles. The molecule has 2 N–H and O–H groups in total. The highest BCUT2D eigenvalue weighted by Gasteiger charge is 2.20. The third-order valence-electron chi connectivity index (χ3n) is 4.60. The summed E-state index contributed by atoms with van der Waals surface area (Å²) in [7, 11) is 0. The standard InChI is InChI=1S/C22H23N5O2/c1-14-5-10-18-17(11-14)23-13-27(18)16-8-6-15(7-9-16)24-21(28)25-20-12-19(29-26-20)22(2,3)4/h5-13H,1-4H3,(H2,24,25,26,28). The fraction of sp³-hybridized carbons (Fsp3) is 0.227. The fourth-order valence-electron chi connectivity index (χ4n) is 3.00. The van der Waals surface area contributed by atoms with E-state index >= 15 is 0 Å². The van der Waals surface area contributed by atoms with Crippen LogP contribution in [0.3, 0.4) is 0 Å². The maximum Gasteiger partial charge on any atom is 0.324 e. The second kappa shape index (κ2) is 7.09. The fourth-order valence-corrected chi connectivity index (χ4v) is 3.00. The predicted molar refractivity (Wildman–Crippen MR) is 114 cm³/mol. The number of aromatic nitrogens is 3. The zero-order chi connectivity index (χ0) is 20.6. The lowest BCUT2D eigenvalue weighted by Gasteiger charge is -2.12. The van der Waals surface area contributed by atoms with Crippen molar-refractivity contribution in [1.29, 1.82) is 0 Å². The van der Waals surface area contributed by atoms with Crippen LogP contribution in [0.1, 0.15) is 32.1 Å². The summed E-state index contributed by atoms with van der Waals surface area (Å²) in [6, 6.07) is 15.1. The molecule has 0 spiro atoms. The van der Waals surface area contributed by atoms with Crippen LogP contribution in [0.4, 0.5) is 16.3 Å². The third kappa shape index (κ3) is 3.99. The molecule has 0 radical (unpaired) electrons. The molecule has 148 valence electrons. The average molecular weight is 389 g/mol. The minimum atomic E-state index is -0.380. The van der Waals surface area contributed by atoms with E-state index in [4.69, 9.17) is 4.52 Å². The SMILES string of the molecule is Cc1ccc2c(c1)ncn2-c1ccc(NC(=O)Nc2cc(C(C)(C)C)on2)cc1. The molecule has 2 heterocycles. The van der Waals surface area contributed by atoms with E-state index in [2.05, 4.69) is 39.0 Å². The normalized spacial score (nSPS) is 11.6. The number of anilines is 2. The third-order valence-corrected chi connectivity index (χ3v) is 4.60. The molecule has 4 aromatic rings. The van der Waals surface area contributed by atoms with E-state index in [0.717, 1.165) is 16.7 Å². The summed E-state index contributed by atoms with van der Waals surface area (Å²) in [4.78, 5) is 16.7. The highest BCUT2D eigenvalue weighted by atomic mass is 16.5. The van der Waals surface area contributed by atoms with Crippen molar-refractivity contribution in [2.24, 2.45) is 0 Å². The lowest BCUT2D eigenvalue weighted by atomic mass is 9.93. The maximum atomic E-state index is 12.2. The van der Waals surface area contributed by atoms with Crippen molar-refractivity contribution in [3.63, 3.8) is 0 Å². The first-order chi connectivity index (χ1) is 13.8. The van der Waals surface area contributed by atoms with Gasteiger partial charge >= 0.3 is 6.03 Å². The second-order valence-electron chi connectivity index (χ2n) is 8.06. The first-order valence-electron chi connectivity index (χ1n) is 9.39. The molecular weight excluding hydrogens is 366 g/mol. The monoisotopic (exact) mass is 389 g/mol. The van der Waals surface area contributed by atoms with E-state index in [-0.39, 0.29) is 11.4 Å². The number of rotatable bonds is 3. The zero-order valence-electron chi connectivity index (χ0n) is 16.9. The molecule has 0 fully saturated rings. The number of benzene rings is 2. The molecule has 0 saturated carbocycles. The van der Waals surface area contributed by atoms with Crippen LogP contribution in [0.25, 0.3) is 16.7 Å². The number of aryl methyl sites for hydroxylation is 1. The number of fused-ring (bicyclic) bond motifs is 1. The van der Waals surface area contributed by atoms with Crippen LogP contribution in [0.2, 0.25) is 0 Å². The predicted octanol–water partition coefficient (Wildman–Crippen LogP) is 5.26. The quantitative estimate of drug-likeness (QED) is 0.500. The van der Waals surface area contributed by atoms with Crippen LogP contribution >= 0.6 is 0 Å². The van der Waals surface area contributed by atoms with Gasteiger partial charge in [-0.1, -0.05) is 32.0 Å². The number of urea groups is 1. The Morgan fingerprint density at radius 2 is 1.79 bits per heavy atom. The molecule has 29 heavy (non-hydrogen) atoms. The van der Waals surface area contributed by atoms with Crippen LogP contribution in [-0.4, -0.2) is 20.7 Å². The molecule has 0 bridgehead atoms. The van der Waals surface area contributed by atoms with E-state index in [1.807, 2.05) is 56.5 Å². The summed E-state index contributed by atoms with van der Waals surface area (Å²) >= 11 is 0. The molecule has 2 aromatic carbocycles. The zero-order valence-corrected chi connectivity index (χ0v) is 16.9. The van der Waals surface area contributed by atoms with Gasteiger partial charge in [0.15, 0.2) is 5.82 Å². The van der Waals surface area contributed by atoms with Gasteiger partial charge in [-0.15, -0.1) is 0 Å². The van der Waals surface area contributed by atoms with Crippen LogP contribution in [0.5, 0.6) is 0 Å². The Labute approximate surface area is 168 Å². The molecule has 0 aliphatic heterocycles. The number of carbonyl (C=O) groups excluding carboxylic acids is 1. The lowest BCUT2D eigenvalue weighted by Crippen LogP contribution is -2.19. The van der Waals surface area contributed by atoms with Gasteiger partial charge in [-0.25, -0.2) is 9.78 Å². The lowest BCUT2D eigenvalue weighted by molar-refractivity contribution is 0.262. The van der Waals surface area contributed by atoms with Crippen molar-refractivity contribution < 1.29 is 9.32 Å². The number of hydrogen-bond donors (Lipinski definition) is 2. The summed E-state index contributed by atoms with van der Waals surface area (Å²) in [5.41, 5.74) is 4.63. The van der Waals surface area contributed by atoms with Gasteiger partial charge < -0.3 is 9.84 Å². The first-order valence-corrected chi connectivity index (χ1v) is 9.39. The molecule has 2 amide bonds. The highest BCUT2D eigenvalue weighted by Crippen LogP contribution is 2.25. The molecule has 0 unspecified atom stereocenters.